The van der Waals surface area contributed by atoms with E-state index in [0.717, 1.165) is 29.6 Å². The van der Waals surface area contributed by atoms with Gasteiger partial charge in [-0.2, -0.15) is 5.26 Å². The fourth-order valence-electron chi connectivity index (χ4n) is 6.88. The lowest BCUT2D eigenvalue weighted by atomic mass is 9.51. The van der Waals surface area contributed by atoms with Crippen LogP contribution in [0.15, 0.2) is 0 Å². The molecule has 110 valence electrons. The highest BCUT2D eigenvalue weighted by atomic mass is 14.6. The van der Waals surface area contributed by atoms with Crippen LogP contribution in [0.2, 0.25) is 0 Å². The second-order valence-electron chi connectivity index (χ2n) is 8.61. The molecule has 1 heteroatoms. The Balaban J connectivity index is 1.58. The zero-order valence-corrected chi connectivity index (χ0v) is 13.0. The zero-order valence-electron chi connectivity index (χ0n) is 13.0. The van der Waals surface area contributed by atoms with Gasteiger partial charge in [0.2, 0.25) is 0 Å². The molecule has 4 aliphatic carbocycles. The minimum absolute atomic E-state index is 0.359. The van der Waals surface area contributed by atoms with Gasteiger partial charge in [0.1, 0.15) is 0 Å². The van der Waals surface area contributed by atoms with E-state index in [1.807, 2.05) is 0 Å². The summed E-state index contributed by atoms with van der Waals surface area (Å²) in [5.41, 5.74) is 0.372. The number of nitrogens with zero attached hydrogens (tertiary/aromatic N) is 1. The lowest BCUT2D eigenvalue weighted by molar-refractivity contribution is -0.0443. The van der Waals surface area contributed by atoms with Gasteiger partial charge in [0.05, 0.1) is 12.0 Å². The Kier molecular flexibility index (Phi) is 3.13. The fraction of sp³-hybridized carbons (Fsp3) is 0.947. The maximum atomic E-state index is 9.50. The van der Waals surface area contributed by atoms with Crippen molar-refractivity contribution in [3.63, 3.8) is 0 Å². The summed E-state index contributed by atoms with van der Waals surface area (Å²) in [5.74, 6) is 5.36. The molecular weight excluding hydrogens is 242 g/mol. The number of nitriles is 1. The SMILES string of the molecule is C[C@]12C[C@H]3CCC4CCCC[C@H]4C3CC1CC[C@@H]2C#N. The van der Waals surface area contributed by atoms with Crippen molar-refractivity contribution in [2.75, 3.05) is 0 Å². The molecule has 0 aromatic heterocycles. The summed E-state index contributed by atoms with van der Waals surface area (Å²) in [6.07, 6.45) is 14.4. The van der Waals surface area contributed by atoms with Gasteiger partial charge in [0, 0.05) is 0 Å². The second-order valence-corrected chi connectivity index (χ2v) is 8.61. The van der Waals surface area contributed by atoms with Crippen LogP contribution in [-0.2, 0) is 0 Å². The summed E-state index contributed by atoms with van der Waals surface area (Å²) < 4.78 is 0. The Morgan fingerprint density at radius 3 is 2.55 bits per heavy atom. The molecule has 0 spiro atoms. The maximum absolute atomic E-state index is 9.50. The van der Waals surface area contributed by atoms with Gasteiger partial charge in [-0.1, -0.05) is 26.2 Å². The summed E-state index contributed by atoms with van der Waals surface area (Å²) in [7, 11) is 0. The molecule has 0 aromatic carbocycles. The van der Waals surface area contributed by atoms with Crippen LogP contribution in [0.3, 0.4) is 0 Å². The highest BCUT2D eigenvalue weighted by molar-refractivity contribution is 5.09. The van der Waals surface area contributed by atoms with Crippen LogP contribution in [0.5, 0.6) is 0 Å². The van der Waals surface area contributed by atoms with Gasteiger partial charge in [-0.05, 0) is 80.0 Å². The van der Waals surface area contributed by atoms with Gasteiger partial charge >= 0.3 is 0 Å². The van der Waals surface area contributed by atoms with Crippen LogP contribution in [0.4, 0.5) is 0 Å². The highest BCUT2D eigenvalue weighted by Gasteiger charge is 2.55. The van der Waals surface area contributed by atoms with Gasteiger partial charge in [0.15, 0.2) is 0 Å². The van der Waals surface area contributed by atoms with Crippen molar-refractivity contribution < 1.29 is 0 Å². The zero-order chi connectivity index (χ0) is 13.7. The van der Waals surface area contributed by atoms with Crippen molar-refractivity contribution in [3.8, 4) is 6.07 Å². The van der Waals surface area contributed by atoms with Crippen LogP contribution >= 0.6 is 0 Å². The molecule has 1 nitrogen and oxygen atoms in total. The van der Waals surface area contributed by atoms with E-state index in [1.54, 1.807) is 0 Å². The standard InChI is InChI=1S/C19H29N/c1-19-11-14-7-6-13-4-2-3-5-17(13)18(14)10-15(19)8-9-16(19)12-20/h13-18H,2-11H2,1H3/t13?,14-,15?,16-,17-,18?,19+/m1/s1. The molecule has 4 fully saturated rings. The molecule has 20 heavy (non-hydrogen) atoms. The minimum atomic E-state index is 0.359. The molecule has 3 unspecified atom stereocenters. The van der Waals surface area contributed by atoms with Crippen molar-refractivity contribution in [3.05, 3.63) is 0 Å². The molecule has 7 atom stereocenters. The number of hydrogen-bond donors (Lipinski definition) is 0. The van der Waals surface area contributed by atoms with E-state index in [0.29, 0.717) is 11.3 Å². The third kappa shape index (κ3) is 1.79. The van der Waals surface area contributed by atoms with Crippen LogP contribution in [0.25, 0.3) is 0 Å². The van der Waals surface area contributed by atoms with Crippen LogP contribution in [0, 0.1) is 52.3 Å². The average molecular weight is 271 g/mol. The van der Waals surface area contributed by atoms with Crippen LogP contribution in [0.1, 0.15) is 71.1 Å². The van der Waals surface area contributed by atoms with Crippen LogP contribution < -0.4 is 0 Å². The minimum Gasteiger partial charge on any atom is -0.198 e. The molecule has 0 amide bonds. The first kappa shape index (κ1) is 13.2. The van der Waals surface area contributed by atoms with E-state index >= 15 is 0 Å². The second kappa shape index (κ2) is 4.75. The highest BCUT2D eigenvalue weighted by Crippen LogP contribution is 2.63. The molecule has 0 N–H and O–H groups in total. The van der Waals surface area contributed by atoms with Crippen molar-refractivity contribution in [2.24, 2.45) is 40.9 Å². The van der Waals surface area contributed by atoms with Crippen LogP contribution in [-0.4, -0.2) is 0 Å². The molecule has 0 bridgehead atoms. The van der Waals surface area contributed by atoms with Gasteiger partial charge in [-0.25, -0.2) is 0 Å². The van der Waals surface area contributed by atoms with Gasteiger partial charge in [-0.3, -0.25) is 0 Å². The van der Waals surface area contributed by atoms with E-state index in [9.17, 15) is 5.26 Å². The molecule has 0 aliphatic heterocycles. The van der Waals surface area contributed by atoms with Gasteiger partial charge in [-0.15, -0.1) is 0 Å². The first-order valence-corrected chi connectivity index (χ1v) is 9.12. The lowest BCUT2D eigenvalue weighted by Crippen LogP contribution is -2.46. The summed E-state index contributed by atoms with van der Waals surface area (Å²) in [6.45, 7) is 2.46. The smallest absolute Gasteiger partial charge is 0.0661 e. The van der Waals surface area contributed by atoms with Gasteiger partial charge < -0.3 is 0 Å². The first-order valence-electron chi connectivity index (χ1n) is 9.12. The van der Waals surface area contributed by atoms with E-state index in [1.165, 1.54) is 64.2 Å². The topological polar surface area (TPSA) is 23.8 Å². The number of rotatable bonds is 0. The Morgan fingerprint density at radius 2 is 1.70 bits per heavy atom. The first-order chi connectivity index (χ1) is 9.72. The predicted octanol–water partition coefficient (Wildman–Crippen LogP) is 5.17. The molecule has 4 saturated carbocycles. The Morgan fingerprint density at radius 1 is 0.900 bits per heavy atom. The fourth-order valence-corrected chi connectivity index (χ4v) is 6.88. The van der Waals surface area contributed by atoms with Gasteiger partial charge in [0.25, 0.3) is 0 Å². The Bertz CT molecular complexity index is 422. The monoisotopic (exact) mass is 271 g/mol. The third-order valence-electron chi connectivity index (χ3n) is 7.98. The quantitative estimate of drug-likeness (QED) is 0.596. The van der Waals surface area contributed by atoms with Crippen molar-refractivity contribution >= 4 is 0 Å². The summed E-state index contributed by atoms with van der Waals surface area (Å²) >= 11 is 0. The molecule has 0 saturated heterocycles. The van der Waals surface area contributed by atoms with E-state index in [4.69, 9.17) is 0 Å². The van der Waals surface area contributed by atoms with E-state index in [-0.39, 0.29) is 0 Å². The maximum Gasteiger partial charge on any atom is 0.0661 e. The molecule has 0 heterocycles. The summed E-state index contributed by atoms with van der Waals surface area (Å²) in [4.78, 5) is 0. The molecule has 4 aliphatic rings. The third-order valence-corrected chi connectivity index (χ3v) is 7.98. The summed E-state index contributed by atoms with van der Waals surface area (Å²) in [6, 6.07) is 2.66. The van der Waals surface area contributed by atoms with E-state index in [2.05, 4.69) is 13.0 Å². The molecule has 4 rings (SSSR count). The molecule has 0 aromatic rings. The number of fused-ring (bicyclic) bond motifs is 4. The molecule has 0 radical (unpaired) electrons. The van der Waals surface area contributed by atoms with Crippen molar-refractivity contribution in [2.45, 2.75) is 71.1 Å². The Hall–Kier alpha value is -0.510. The normalized spacial score (nSPS) is 54.4. The average Bonchev–Trinajstić information content (AvgIpc) is 2.80. The van der Waals surface area contributed by atoms with E-state index < -0.39 is 0 Å². The summed E-state index contributed by atoms with van der Waals surface area (Å²) in [5, 5.41) is 9.50. The largest absolute Gasteiger partial charge is 0.198 e. The van der Waals surface area contributed by atoms with Crippen molar-refractivity contribution in [1.82, 2.24) is 0 Å². The Labute approximate surface area is 124 Å². The predicted molar refractivity (Wildman–Crippen MR) is 80.8 cm³/mol. The molecular formula is C19H29N. The number of hydrogen-bond acceptors (Lipinski definition) is 1. The van der Waals surface area contributed by atoms with Crippen molar-refractivity contribution in [1.29, 1.82) is 5.26 Å². The lowest BCUT2D eigenvalue weighted by Gasteiger charge is -2.54.